The van der Waals surface area contributed by atoms with Crippen LogP contribution in [0, 0.1) is 0 Å². The van der Waals surface area contributed by atoms with Crippen LogP contribution in [0.1, 0.15) is 31.3 Å². The zero-order chi connectivity index (χ0) is 18.6. The molecule has 2 N–H and O–H groups in total. The highest BCUT2D eigenvalue weighted by Gasteiger charge is 2.26. The van der Waals surface area contributed by atoms with Crippen LogP contribution in [0.4, 0.5) is 4.79 Å². The van der Waals surface area contributed by atoms with Gasteiger partial charge in [-0.1, -0.05) is 28.1 Å². The molecular formula is C17H20BrN3O4. The Labute approximate surface area is 154 Å². The molecule has 1 heterocycles. The van der Waals surface area contributed by atoms with E-state index in [2.05, 4.69) is 26.2 Å². The van der Waals surface area contributed by atoms with Crippen molar-refractivity contribution in [1.29, 1.82) is 0 Å². The highest BCUT2D eigenvalue weighted by atomic mass is 79.9. The first-order chi connectivity index (χ1) is 11.7. The van der Waals surface area contributed by atoms with E-state index in [4.69, 9.17) is 4.42 Å². The third kappa shape index (κ3) is 4.82. The Morgan fingerprint density at radius 1 is 1.28 bits per heavy atom. The highest BCUT2D eigenvalue weighted by Crippen LogP contribution is 2.24. The number of halogens is 1. The van der Waals surface area contributed by atoms with Crippen molar-refractivity contribution in [2.45, 2.75) is 26.3 Å². The molecule has 0 spiro atoms. The predicted molar refractivity (Wildman–Crippen MR) is 96.5 cm³/mol. The molecule has 7 nitrogen and oxygen atoms in total. The lowest BCUT2D eigenvalue weighted by molar-refractivity contribution is 0.0889. The molecule has 2 rings (SSSR count). The van der Waals surface area contributed by atoms with Gasteiger partial charge < -0.3 is 19.7 Å². The van der Waals surface area contributed by atoms with Gasteiger partial charge in [-0.25, -0.2) is 9.78 Å². The zero-order valence-electron chi connectivity index (χ0n) is 14.2. The van der Waals surface area contributed by atoms with Gasteiger partial charge in [0.1, 0.15) is 0 Å². The quantitative estimate of drug-likeness (QED) is 0.785. The summed E-state index contributed by atoms with van der Waals surface area (Å²) >= 11 is 3.35. The Hall–Kier alpha value is -2.35. The smallest absolute Gasteiger partial charge is 0.407 e. The SMILES string of the molecule is CC(C)(C)N(CCNC(=O)c1ncoc1-c1ccc(Br)cc1)C(=O)O. The molecule has 0 aliphatic rings. The van der Waals surface area contributed by atoms with E-state index in [1.165, 1.54) is 11.3 Å². The average Bonchev–Trinajstić information content (AvgIpc) is 3.00. The van der Waals surface area contributed by atoms with Crippen molar-refractivity contribution in [2.75, 3.05) is 13.1 Å². The fourth-order valence-electron chi connectivity index (χ4n) is 2.30. The fourth-order valence-corrected chi connectivity index (χ4v) is 2.56. The van der Waals surface area contributed by atoms with Crippen LogP contribution >= 0.6 is 15.9 Å². The van der Waals surface area contributed by atoms with Gasteiger partial charge in [0, 0.05) is 28.7 Å². The van der Waals surface area contributed by atoms with Crippen LogP contribution in [0.25, 0.3) is 11.3 Å². The molecule has 1 aromatic heterocycles. The number of aromatic nitrogens is 1. The molecule has 0 radical (unpaired) electrons. The molecule has 0 unspecified atom stereocenters. The number of carboxylic acid groups (broad SMARTS) is 1. The Morgan fingerprint density at radius 2 is 1.92 bits per heavy atom. The second-order valence-electron chi connectivity index (χ2n) is 6.40. The number of carbonyl (C=O) groups is 2. The molecule has 25 heavy (non-hydrogen) atoms. The number of oxazole rings is 1. The highest BCUT2D eigenvalue weighted by molar-refractivity contribution is 9.10. The second-order valence-corrected chi connectivity index (χ2v) is 7.31. The van der Waals surface area contributed by atoms with Crippen molar-refractivity contribution in [2.24, 2.45) is 0 Å². The number of amides is 2. The van der Waals surface area contributed by atoms with Gasteiger partial charge >= 0.3 is 6.09 Å². The normalized spacial score (nSPS) is 11.2. The second kappa shape index (κ2) is 7.69. The van der Waals surface area contributed by atoms with Crippen LogP contribution in [0.3, 0.4) is 0 Å². The summed E-state index contributed by atoms with van der Waals surface area (Å²) in [7, 11) is 0. The number of hydrogen-bond acceptors (Lipinski definition) is 4. The van der Waals surface area contributed by atoms with Gasteiger partial charge in [0.25, 0.3) is 5.91 Å². The third-order valence-electron chi connectivity index (χ3n) is 3.55. The third-order valence-corrected chi connectivity index (χ3v) is 4.08. The summed E-state index contributed by atoms with van der Waals surface area (Å²) in [5, 5.41) is 11.9. The molecule has 0 saturated heterocycles. The van der Waals surface area contributed by atoms with Crippen LogP contribution in [0.5, 0.6) is 0 Å². The Kier molecular flexibility index (Phi) is 5.84. The molecule has 2 aromatic rings. The number of nitrogens with zero attached hydrogens (tertiary/aromatic N) is 2. The minimum atomic E-state index is -1.03. The molecule has 0 fully saturated rings. The lowest BCUT2D eigenvalue weighted by Crippen LogP contribution is -2.48. The molecule has 134 valence electrons. The van der Waals surface area contributed by atoms with Gasteiger partial charge in [0.2, 0.25) is 0 Å². The molecule has 1 aromatic carbocycles. The van der Waals surface area contributed by atoms with Crippen LogP contribution in [0.15, 0.2) is 39.5 Å². The van der Waals surface area contributed by atoms with E-state index in [1.807, 2.05) is 24.3 Å². The van der Waals surface area contributed by atoms with Crippen LogP contribution in [0.2, 0.25) is 0 Å². The van der Waals surface area contributed by atoms with E-state index in [0.29, 0.717) is 5.76 Å². The largest absolute Gasteiger partial charge is 0.465 e. The Bertz CT molecular complexity index is 750. The van der Waals surface area contributed by atoms with E-state index in [0.717, 1.165) is 10.0 Å². The molecule has 2 amide bonds. The number of rotatable bonds is 5. The van der Waals surface area contributed by atoms with E-state index in [1.54, 1.807) is 20.8 Å². The molecule has 0 aliphatic heterocycles. The first-order valence-corrected chi connectivity index (χ1v) is 8.47. The van der Waals surface area contributed by atoms with Gasteiger partial charge in [-0.2, -0.15) is 0 Å². The van der Waals surface area contributed by atoms with Crippen LogP contribution in [-0.4, -0.2) is 45.6 Å². The van der Waals surface area contributed by atoms with Crippen molar-refractivity contribution in [3.63, 3.8) is 0 Å². The lowest BCUT2D eigenvalue weighted by Gasteiger charge is -2.33. The summed E-state index contributed by atoms with van der Waals surface area (Å²) in [5.74, 6) is -0.0400. The molecule has 0 saturated carbocycles. The fraction of sp³-hybridized carbons (Fsp3) is 0.353. The van der Waals surface area contributed by atoms with Crippen molar-refractivity contribution in [3.8, 4) is 11.3 Å². The molecule has 0 bridgehead atoms. The zero-order valence-corrected chi connectivity index (χ0v) is 15.8. The maximum absolute atomic E-state index is 12.4. The van der Waals surface area contributed by atoms with Crippen LogP contribution in [-0.2, 0) is 0 Å². The minimum Gasteiger partial charge on any atom is -0.465 e. The maximum atomic E-state index is 12.4. The lowest BCUT2D eigenvalue weighted by atomic mass is 10.1. The van der Waals surface area contributed by atoms with E-state index in [-0.39, 0.29) is 18.8 Å². The number of nitrogens with one attached hydrogen (secondary N) is 1. The summed E-state index contributed by atoms with van der Waals surface area (Å²) in [6, 6.07) is 7.31. The summed E-state index contributed by atoms with van der Waals surface area (Å²) in [4.78, 5) is 28.9. The van der Waals surface area contributed by atoms with Gasteiger partial charge in [0.15, 0.2) is 17.8 Å². The van der Waals surface area contributed by atoms with Crippen molar-refractivity contribution in [3.05, 3.63) is 40.8 Å². The van der Waals surface area contributed by atoms with E-state index < -0.39 is 17.5 Å². The number of benzene rings is 1. The number of hydrogen-bond donors (Lipinski definition) is 2. The molecule has 8 heteroatoms. The molecular weight excluding hydrogens is 390 g/mol. The summed E-state index contributed by atoms with van der Waals surface area (Å²) in [5.41, 5.74) is 0.347. The van der Waals surface area contributed by atoms with E-state index >= 15 is 0 Å². The van der Waals surface area contributed by atoms with Crippen molar-refractivity contribution >= 4 is 27.9 Å². The van der Waals surface area contributed by atoms with E-state index in [9.17, 15) is 14.7 Å². The topological polar surface area (TPSA) is 95.7 Å². The van der Waals surface area contributed by atoms with Gasteiger partial charge in [0.05, 0.1) is 0 Å². The summed E-state index contributed by atoms with van der Waals surface area (Å²) in [6.45, 7) is 5.75. The monoisotopic (exact) mass is 409 g/mol. The maximum Gasteiger partial charge on any atom is 0.407 e. The molecule has 0 atom stereocenters. The first kappa shape index (κ1) is 19.0. The average molecular weight is 410 g/mol. The van der Waals surface area contributed by atoms with Crippen molar-refractivity contribution in [1.82, 2.24) is 15.2 Å². The Morgan fingerprint density at radius 3 is 2.48 bits per heavy atom. The van der Waals surface area contributed by atoms with Gasteiger partial charge in [-0.15, -0.1) is 0 Å². The standard InChI is InChI=1S/C17H20BrN3O4/c1-17(2,3)21(16(23)24)9-8-19-15(22)13-14(25-10-20-13)11-4-6-12(18)7-5-11/h4-7,10H,8-9H2,1-3H3,(H,19,22)(H,23,24). The van der Waals surface area contributed by atoms with Crippen molar-refractivity contribution < 1.29 is 19.1 Å². The first-order valence-electron chi connectivity index (χ1n) is 7.68. The van der Waals surface area contributed by atoms with Gasteiger partial charge in [-0.05, 0) is 32.9 Å². The number of carbonyl (C=O) groups excluding carboxylic acids is 1. The summed E-state index contributed by atoms with van der Waals surface area (Å²) < 4.78 is 6.25. The predicted octanol–water partition coefficient (Wildman–Crippen LogP) is 3.61. The summed E-state index contributed by atoms with van der Waals surface area (Å²) in [6.07, 6.45) is 0.184. The minimum absolute atomic E-state index is 0.167. The molecule has 0 aliphatic carbocycles. The van der Waals surface area contributed by atoms with Crippen LogP contribution < -0.4 is 5.32 Å². The van der Waals surface area contributed by atoms with Gasteiger partial charge in [-0.3, -0.25) is 4.79 Å². The Balaban J connectivity index is 2.04.